The molecule has 1 aromatic rings. The third kappa shape index (κ3) is 0.778. The third-order valence-corrected chi connectivity index (χ3v) is 1.17. The molecule has 3 heteroatoms. The summed E-state index contributed by atoms with van der Waals surface area (Å²) in [6.45, 7) is 0. The van der Waals surface area contributed by atoms with Crippen molar-refractivity contribution < 1.29 is 29.0 Å². The van der Waals surface area contributed by atoms with Crippen LogP contribution in [0.1, 0.15) is 4.28 Å². The zero-order valence-corrected chi connectivity index (χ0v) is 5.56. The average Bonchev–Trinajstić information content (AvgIpc) is 1.86. The van der Waals surface area contributed by atoms with Crippen molar-refractivity contribution >= 4 is 3.53 Å². The molecule has 0 amide bonds. The zero-order chi connectivity index (χ0) is 4.41. The molecule has 1 N–H and O–H groups in total. The molecule has 0 aromatic carbocycles. The van der Waals surface area contributed by atoms with Crippen LogP contribution in [-0.4, -0.2) is 9.97 Å². The summed E-state index contributed by atoms with van der Waals surface area (Å²) in [5, 5.41) is 0. The average molecular weight is 161 g/mol. The molecule has 0 atom stereocenters. The van der Waals surface area contributed by atoms with Gasteiger partial charge in [-0.05, 0) is 0 Å². The van der Waals surface area contributed by atoms with E-state index >= 15 is 0 Å². The van der Waals surface area contributed by atoms with E-state index in [1.165, 1.54) is 24.7 Å². The normalized spacial score (nSPS) is 9.00. The van der Waals surface area contributed by atoms with Crippen molar-refractivity contribution in [3.63, 3.8) is 0 Å². The van der Waals surface area contributed by atoms with Crippen LogP contribution in [0.4, 0.5) is 0 Å². The maximum absolute atomic E-state index is 3.90. The van der Waals surface area contributed by atoms with Gasteiger partial charge >= 0.3 is 50.6 Å². The molecule has 1 rings (SSSR count). The summed E-state index contributed by atoms with van der Waals surface area (Å²) in [4.78, 5) is 6.83. The Balaban J connectivity index is -0.000000120. The van der Waals surface area contributed by atoms with Crippen molar-refractivity contribution in [3.8, 4) is 0 Å². The molecular formula is C3H6N2Zr. The fraction of sp³-hybridized carbons (Fsp3) is 0. The number of aromatic nitrogens is 2. The van der Waals surface area contributed by atoms with Crippen LogP contribution in [-0.2, 0) is 24.7 Å². The Morgan fingerprint density at radius 2 is 2.83 bits per heavy atom. The Hall–Kier alpha value is 0.0931. The molecule has 0 radical (unpaired) electrons. The first kappa shape index (κ1) is 4.26. The van der Waals surface area contributed by atoms with E-state index in [0.717, 1.165) is 3.53 Å². The topological polar surface area (TPSA) is 28.7 Å². The maximum atomic E-state index is 3.90. The number of nitrogens with zero attached hydrogens (tertiary/aromatic N) is 1. The van der Waals surface area contributed by atoms with E-state index < -0.39 is 0 Å². The van der Waals surface area contributed by atoms with Gasteiger partial charge in [0.25, 0.3) is 0 Å². The molecule has 32 valence electrons. The van der Waals surface area contributed by atoms with Gasteiger partial charge in [-0.25, -0.2) is 0 Å². The molecule has 2 nitrogen and oxygen atoms in total. The molecule has 1 aromatic heterocycles. The van der Waals surface area contributed by atoms with Gasteiger partial charge in [0.15, 0.2) is 0 Å². The number of imidazole rings is 1. The molecule has 0 saturated heterocycles. The molecule has 0 aliphatic carbocycles. The summed E-state index contributed by atoms with van der Waals surface area (Å²) >= 11 is 1.34. The molecule has 0 unspecified atom stereocenters. The fourth-order valence-corrected chi connectivity index (χ4v) is 0.653. The van der Waals surface area contributed by atoms with Gasteiger partial charge in [-0.3, -0.25) is 0 Å². The van der Waals surface area contributed by atoms with Crippen LogP contribution >= 0.6 is 0 Å². The van der Waals surface area contributed by atoms with Gasteiger partial charge in [-0.2, -0.15) is 0 Å². The summed E-state index contributed by atoms with van der Waals surface area (Å²) in [7, 11) is 0. The number of H-pyrrole nitrogens is 1. The van der Waals surface area contributed by atoms with Crippen LogP contribution in [0.25, 0.3) is 0 Å². The Morgan fingerprint density at radius 3 is 3.00 bits per heavy atom. The van der Waals surface area contributed by atoms with Crippen molar-refractivity contribution in [3.05, 3.63) is 12.4 Å². The van der Waals surface area contributed by atoms with Crippen LogP contribution in [0.3, 0.4) is 0 Å². The first-order chi connectivity index (χ1) is 2.89. The molecule has 0 fully saturated rings. The van der Waals surface area contributed by atoms with Crippen molar-refractivity contribution in [2.45, 2.75) is 0 Å². The van der Waals surface area contributed by atoms with E-state index in [2.05, 4.69) is 9.97 Å². The Labute approximate surface area is 55.3 Å². The van der Waals surface area contributed by atoms with Crippen LogP contribution in [0, 0.1) is 0 Å². The zero-order valence-electron chi connectivity index (χ0n) is 6.10. The molecule has 0 aliphatic heterocycles. The van der Waals surface area contributed by atoms with Crippen molar-refractivity contribution in [1.29, 1.82) is 0 Å². The minimum atomic E-state index is 0. The van der Waals surface area contributed by atoms with Crippen molar-refractivity contribution in [2.24, 2.45) is 0 Å². The van der Waals surface area contributed by atoms with Crippen LogP contribution in [0.2, 0.25) is 0 Å². The Kier molecular flexibility index (Phi) is 1.20. The van der Waals surface area contributed by atoms with Crippen LogP contribution in [0.15, 0.2) is 12.4 Å². The predicted molar refractivity (Wildman–Crippen MR) is 21.6 cm³/mol. The number of aromatic amines is 1. The van der Waals surface area contributed by atoms with Gasteiger partial charge in [0.1, 0.15) is 0 Å². The van der Waals surface area contributed by atoms with Gasteiger partial charge < -0.3 is 4.28 Å². The fourth-order valence-electron chi connectivity index (χ4n) is 0.265. The summed E-state index contributed by atoms with van der Waals surface area (Å²) < 4.78 is 1.06. The van der Waals surface area contributed by atoms with Crippen LogP contribution < -0.4 is 3.53 Å². The summed E-state index contributed by atoms with van der Waals surface area (Å²) in [6.07, 6.45) is 3.58. The second-order valence-electron chi connectivity index (χ2n) is 0.938. The standard InChI is InChI=1S/C3H3N2.Zr.3H/c1-2-5-3-4-1;;;;/h1-2H,(H,4,5);;;;/q;+3;3*-1. The van der Waals surface area contributed by atoms with E-state index in [0.29, 0.717) is 0 Å². The number of rotatable bonds is 0. The second kappa shape index (κ2) is 1.70. The summed E-state index contributed by atoms with van der Waals surface area (Å²) in [6, 6.07) is 0. The second-order valence-corrected chi connectivity index (χ2v) is 2.10. The molecule has 0 aliphatic rings. The molecule has 0 spiro atoms. The minimum absolute atomic E-state index is 0. The first-order valence-electron chi connectivity index (χ1n) is 1.60. The number of hydrogen-bond donors (Lipinski definition) is 1. The van der Waals surface area contributed by atoms with Gasteiger partial charge in [0.05, 0.1) is 0 Å². The summed E-state index contributed by atoms with van der Waals surface area (Å²) in [5.74, 6) is 0. The molecule has 0 saturated carbocycles. The van der Waals surface area contributed by atoms with Gasteiger partial charge in [0.2, 0.25) is 0 Å². The van der Waals surface area contributed by atoms with E-state index in [1.807, 2.05) is 6.20 Å². The Bertz CT molecular complexity index is 121. The van der Waals surface area contributed by atoms with Gasteiger partial charge in [0, 0.05) is 0 Å². The molecule has 0 bridgehead atoms. The van der Waals surface area contributed by atoms with Gasteiger partial charge in [-0.1, -0.05) is 0 Å². The Morgan fingerprint density at radius 1 is 2.00 bits per heavy atom. The van der Waals surface area contributed by atoms with Crippen LogP contribution in [0.5, 0.6) is 0 Å². The third-order valence-electron chi connectivity index (χ3n) is 0.498. The van der Waals surface area contributed by atoms with E-state index in [-0.39, 0.29) is 4.28 Å². The van der Waals surface area contributed by atoms with Gasteiger partial charge in [-0.15, -0.1) is 0 Å². The SMILES string of the molecule is [H-].[H-].[H-].[Zr+3][c]1ncc[nH]1. The van der Waals surface area contributed by atoms with E-state index in [4.69, 9.17) is 0 Å². The number of nitrogens with one attached hydrogen (secondary N) is 1. The molecule has 1 heterocycles. The number of hydrogen-bond acceptors (Lipinski definition) is 1. The first-order valence-corrected chi connectivity index (χ1v) is 2.83. The quantitative estimate of drug-likeness (QED) is 0.566. The predicted octanol–water partition coefficient (Wildman–Crippen LogP) is -0.0807. The van der Waals surface area contributed by atoms with Crippen molar-refractivity contribution in [1.82, 2.24) is 9.97 Å². The van der Waals surface area contributed by atoms with Crippen molar-refractivity contribution in [2.75, 3.05) is 0 Å². The summed E-state index contributed by atoms with van der Waals surface area (Å²) in [5.41, 5.74) is 0. The molecule has 6 heavy (non-hydrogen) atoms. The monoisotopic (exact) mass is 160 g/mol. The van der Waals surface area contributed by atoms with E-state index in [1.54, 1.807) is 6.20 Å². The van der Waals surface area contributed by atoms with E-state index in [9.17, 15) is 0 Å². The molecular weight excluding hydrogens is 155 g/mol.